The van der Waals surface area contributed by atoms with Crippen LogP contribution in [0.2, 0.25) is 0 Å². The van der Waals surface area contributed by atoms with E-state index in [1.165, 1.54) is 16.7 Å². The first-order valence-electron chi connectivity index (χ1n) is 6.39. The largest absolute Gasteiger partial charge is 0.310 e. The van der Waals surface area contributed by atoms with E-state index in [1.54, 1.807) is 0 Å². The Morgan fingerprint density at radius 3 is 2.50 bits per heavy atom. The maximum atomic E-state index is 4.57. The van der Waals surface area contributed by atoms with Crippen LogP contribution in [-0.4, -0.2) is 15.8 Å². The van der Waals surface area contributed by atoms with E-state index in [4.69, 9.17) is 0 Å². The number of hydrogen-bond acceptors (Lipinski definition) is 2. The maximum Gasteiger partial charge on any atom is 0.0967 e. The van der Waals surface area contributed by atoms with Gasteiger partial charge in [0.1, 0.15) is 0 Å². The van der Waals surface area contributed by atoms with Crippen LogP contribution in [-0.2, 0) is 13.6 Å². The van der Waals surface area contributed by atoms with Crippen molar-refractivity contribution in [2.24, 2.45) is 7.05 Å². The SMILES string of the molecule is Cc1ccc(-c2nn(C)cc2CNC(C)C)cc1. The molecule has 96 valence electrons. The van der Waals surface area contributed by atoms with Gasteiger partial charge in [0, 0.05) is 37.0 Å². The first kappa shape index (κ1) is 12.8. The molecule has 1 aromatic carbocycles. The molecule has 3 heteroatoms. The molecule has 0 aliphatic carbocycles. The number of aryl methyl sites for hydroxylation is 2. The van der Waals surface area contributed by atoms with Gasteiger partial charge in [-0.05, 0) is 6.92 Å². The van der Waals surface area contributed by atoms with E-state index in [0.717, 1.165) is 12.2 Å². The fourth-order valence-corrected chi connectivity index (χ4v) is 1.94. The van der Waals surface area contributed by atoms with Crippen molar-refractivity contribution < 1.29 is 0 Å². The third-order valence-corrected chi connectivity index (χ3v) is 2.93. The molecule has 0 atom stereocenters. The van der Waals surface area contributed by atoms with E-state index in [9.17, 15) is 0 Å². The molecule has 0 spiro atoms. The molecule has 0 aliphatic heterocycles. The normalized spacial score (nSPS) is 11.2. The Kier molecular flexibility index (Phi) is 3.82. The third-order valence-electron chi connectivity index (χ3n) is 2.93. The summed E-state index contributed by atoms with van der Waals surface area (Å²) < 4.78 is 1.88. The minimum atomic E-state index is 0.482. The molecule has 0 aliphatic rings. The van der Waals surface area contributed by atoms with E-state index >= 15 is 0 Å². The molecule has 2 rings (SSSR count). The van der Waals surface area contributed by atoms with E-state index in [1.807, 2.05) is 11.7 Å². The Labute approximate surface area is 109 Å². The summed E-state index contributed by atoms with van der Waals surface area (Å²) in [6, 6.07) is 9.01. The predicted octanol–water partition coefficient (Wildman–Crippen LogP) is 2.89. The summed E-state index contributed by atoms with van der Waals surface area (Å²) in [5.74, 6) is 0. The van der Waals surface area contributed by atoms with Gasteiger partial charge in [0.15, 0.2) is 0 Å². The Morgan fingerprint density at radius 1 is 1.22 bits per heavy atom. The van der Waals surface area contributed by atoms with Crippen molar-refractivity contribution >= 4 is 0 Å². The van der Waals surface area contributed by atoms with Crippen LogP contribution in [0.15, 0.2) is 30.5 Å². The molecule has 2 aromatic rings. The number of nitrogens with zero attached hydrogens (tertiary/aromatic N) is 2. The number of nitrogens with one attached hydrogen (secondary N) is 1. The molecule has 0 unspecified atom stereocenters. The Hall–Kier alpha value is -1.61. The lowest BCUT2D eigenvalue weighted by Crippen LogP contribution is -2.21. The van der Waals surface area contributed by atoms with Crippen LogP contribution in [0.25, 0.3) is 11.3 Å². The highest BCUT2D eigenvalue weighted by molar-refractivity contribution is 5.63. The van der Waals surface area contributed by atoms with Crippen LogP contribution < -0.4 is 5.32 Å². The van der Waals surface area contributed by atoms with Crippen LogP contribution in [0, 0.1) is 6.92 Å². The number of hydrogen-bond donors (Lipinski definition) is 1. The molecular formula is C15H21N3. The molecule has 0 radical (unpaired) electrons. The second-order valence-electron chi connectivity index (χ2n) is 5.08. The van der Waals surface area contributed by atoms with E-state index < -0.39 is 0 Å². The van der Waals surface area contributed by atoms with Crippen molar-refractivity contribution in [2.45, 2.75) is 33.4 Å². The number of aromatic nitrogens is 2. The lowest BCUT2D eigenvalue weighted by atomic mass is 10.1. The zero-order chi connectivity index (χ0) is 13.1. The standard InChI is InChI=1S/C15H21N3/c1-11(2)16-9-14-10-18(4)17-15(14)13-7-5-12(3)6-8-13/h5-8,10-11,16H,9H2,1-4H3. The molecule has 1 heterocycles. The molecule has 1 N–H and O–H groups in total. The fourth-order valence-electron chi connectivity index (χ4n) is 1.94. The molecule has 1 aromatic heterocycles. The molecule has 0 fully saturated rings. The first-order chi connectivity index (χ1) is 8.56. The van der Waals surface area contributed by atoms with Gasteiger partial charge in [0.25, 0.3) is 0 Å². The van der Waals surface area contributed by atoms with Crippen LogP contribution in [0.4, 0.5) is 0 Å². The third kappa shape index (κ3) is 2.99. The summed E-state index contributed by atoms with van der Waals surface area (Å²) in [4.78, 5) is 0. The molecule has 18 heavy (non-hydrogen) atoms. The van der Waals surface area contributed by atoms with Gasteiger partial charge in [0.2, 0.25) is 0 Å². The van der Waals surface area contributed by atoms with Crippen molar-refractivity contribution in [3.05, 3.63) is 41.6 Å². The minimum Gasteiger partial charge on any atom is -0.310 e. The zero-order valence-electron chi connectivity index (χ0n) is 11.6. The summed E-state index contributed by atoms with van der Waals surface area (Å²) in [5.41, 5.74) is 4.78. The number of benzene rings is 1. The minimum absolute atomic E-state index is 0.482. The lowest BCUT2D eigenvalue weighted by molar-refractivity contribution is 0.589. The second-order valence-corrected chi connectivity index (χ2v) is 5.08. The monoisotopic (exact) mass is 243 g/mol. The predicted molar refractivity (Wildman–Crippen MR) is 75.4 cm³/mol. The smallest absolute Gasteiger partial charge is 0.0967 e. The van der Waals surface area contributed by atoms with Crippen molar-refractivity contribution in [2.75, 3.05) is 0 Å². The topological polar surface area (TPSA) is 29.9 Å². The van der Waals surface area contributed by atoms with Crippen LogP contribution >= 0.6 is 0 Å². The van der Waals surface area contributed by atoms with Gasteiger partial charge in [-0.15, -0.1) is 0 Å². The van der Waals surface area contributed by atoms with Crippen molar-refractivity contribution in [3.8, 4) is 11.3 Å². The average Bonchev–Trinajstić information content (AvgIpc) is 2.69. The van der Waals surface area contributed by atoms with Gasteiger partial charge in [0.05, 0.1) is 5.69 Å². The molecular weight excluding hydrogens is 222 g/mol. The van der Waals surface area contributed by atoms with Gasteiger partial charge in [-0.3, -0.25) is 4.68 Å². The zero-order valence-corrected chi connectivity index (χ0v) is 11.6. The summed E-state index contributed by atoms with van der Waals surface area (Å²) in [7, 11) is 1.97. The molecule has 3 nitrogen and oxygen atoms in total. The van der Waals surface area contributed by atoms with Crippen molar-refractivity contribution in [3.63, 3.8) is 0 Å². The van der Waals surface area contributed by atoms with Gasteiger partial charge >= 0.3 is 0 Å². The summed E-state index contributed by atoms with van der Waals surface area (Å²) in [5, 5.41) is 8.01. The molecule has 0 amide bonds. The van der Waals surface area contributed by atoms with Gasteiger partial charge in [-0.1, -0.05) is 43.7 Å². The summed E-state index contributed by atoms with van der Waals surface area (Å²) in [6.45, 7) is 7.27. The van der Waals surface area contributed by atoms with E-state index in [2.05, 4.69) is 61.6 Å². The Balaban J connectivity index is 2.29. The van der Waals surface area contributed by atoms with Crippen LogP contribution in [0.1, 0.15) is 25.0 Å². The van der Waals surface area contributed by atoms with E-state index in [0.29, 0.717) is 6.04 Å². The first-order valence-corrected chi connectivity index (χ1v) is 6.39. The molecule has 0 saturated carbocycles. The highest BCUT2D eigenvalue weighted by Crippen LogP contribution is 2.22. The highest BCUT2D eigenvalue weighted by Gasteiger charge is 2.10. The highest BCUT2D eigenvalue weighted by atomic mass is 15.3. The van der Waals surface area contributed by atoms with Gasteiger partial charge in [-0.25, -0.2) is 0 Å². The summed E-state index contributed by atoms with van der Waals surface area (Å²) >= 11 is 0. The van der Waals surface area contributed by atoms with Gasteiger partial charge in [-0.2, -0.15) is 5.10 Å². The van der Waals surface area contributed by atoms with E-state index in [-0.39, 0.29) is 0 Å². The maximum absolute atomic E-state index is 4.57. The summed E-state index contributed by atoms with van der Waals surface area (Å²) in [6.07, 6.45) is 2.09. The van der Waals surface area contributed by atoms with Crippen LogP contribution in [0.5, 0.6) is 0 Å². The van der Waals surface area contributed by atoms with Crippen LogP contribution in [0.3, 0.4) is 0 Å². The molecule has 0 bridgehead atoms. The quantitative estimate of drug-likeness (QED) is 0.895. The second kappa shape index (κ2) is 5.36. The average molecular weight is 243 g/mol. The molecule has 0 saturated heterocycles. The van der Waals surface area contributed by atoms with Crippen molar-refractivity contribution in [1.82, 2.24) is 15.1 Å². The van der Waals surface area contributed by atoms with Crippen molar-refractivity contribution in [1.29, 1.82) is 0 Å². The Morgan fingerprint density at radius 2 is 1.89 bits per heavy atom. The number of rotatable bonds is 4. The fraction of sp³-hybridized carbons (Fsp3) is 0.400. The van der Waals surface area contributed by atoms with Gasteiger partial charge < -0.3 is 5.32 Å². The lowest BCUT2D eigenvalue weighted by Gasteiger charge is -2.08. The Bertz CT molecular complexity index is 509.